The Bertz CT molecular complexity index is 967. The van der Waals surface area contributed by atoms with E-state index in [0.29, 0.717) is 36.9 Å². The van der Waals surface area contributed by atoms with Crippen molar-refractivity contribution in [2.24, 2.45) is 0 Å². The number of piperazine rings is 1. The molecule has 1 aromatic carbocycles. The maximum atomic E-state index is 12.5. The van der Waals surface area contributed by atoms with Gasteiger partial charge in [-0.05, 0) is 24.6 Å². The van der Waals surface area contributed by atoms with E-state index in [1.165, 1.54) is 11.0 Å². The number of rotatable bonds is 3. The maximum absolute atomic E-state index is 12.5. The maximum Gasteiger partial charge on any atom is 0.290 e. The Morgan fingerprint density at radius 3 is 2.67 bits per heavy atom. The molecule has 3 heterocycles. The molecule has 0 N–H and O–H groups in total. The third kappa shape index (κ3) is 3.51. The number of carbonyl (C=O) groups excluding carboxylic acids is 2. The van der Waals surface area contributed by atoms with Crippen molar-refractivity contribution in [3.05, 3.63) is 57.6 Å². The minimum Gasteiger partial charge on any atom is -0.456 e. The summed E-state index contributed by atoms with van der Waals surface area (Å²) < 4.78 is 16.0. The van der Waals surface area contributed by atoms with Crippen LogP contribution in [0.1, 0.15) is 21.9 Å². The number of aryl methyl sites for hydroxylation is 1. The van der Waals surface area contributed by atoms with Crippen LogP contribution in [0.4, 0.5) is 0 Å². The van der Waals surface area contributed by atoms with Crippen LogP contribution in [0.5, 0.6) is 11.5 Å². The number of benzene rings is 1. The summed E-state index contributed by atoms with van der Waals surface area (Å²) >= 11 is 0. The van der Waals surface area contributed by atoms with Crippen LogP contribution in [-0.2, 0) is 11.3 Å². The van der Waals surface area contributed by atoms with Gasteiger partial charge in [-0.25, -0.2) is 0 Å². The van der Waals surface area contributed by atoms with Crippen LogP contribution in [0.2, 0.25) is 0 Å². The van der Waals surface area contributed by atoms with E-state index in [-0.39, 0.29) is 30.4 Å². The van der Waals surface area contributed by atoms with E-state index < -0.39 is 5.91 Å². The lowest BCUT2D eigenvalue weighted by Gasteiger charge is -2.34. The molecule has 0 saturated carbocycles. The number of amides is 2. The van der Waals surface area contributed by atoms with Gasteiger partial charge in [0.2, 0.25) is 12.7 Å². The molecule has 0 unspecified atom stereocenters. The van der Waals surface area contributed by atoms with Crippen molar-refractivity contribution in [3.8, 4) is 11.5 Å². The molecule has 140 valence electrons. The lowest BCUT2D eigenvalue weighted by atomic mass is 10.1. The zero-order valence-corrected chi connectivity index (χ0v) is 14.8. The first-order valence-electron chi connectivity index (χ1n) is 8.57. The molecule has 0 aliphatic carbocycles. The molecule has 2 amide bonds. The molecule has 1 aromatic heterocycles. The quantitative estimate of drug-likeness (QED) is 0.806. The van der Waals surface area contributed by atoms with E-state index in [2.05, 4.69) is 0 Å². The van der Waals surface area contributed by atoms with E-state index >= 15 is 0 Å². The van der Waals surface area contributed by atoms with Crippen LogP contribution in [0.3, 0.4) is 0 Å². The lowest BCUT2D eigenvalue weighted by molar-refractivity contribution is -0.135. The molecule has 1 saturated heterocycles. The first kappa shape index (κ1) is 17.1. The largest absolute Gasteiger partial charge is 0.456 e. The van der Waals surface area contributed by atoms with Crippen LogP contribution in [0.25, 0.3) is 0 Å². The van der Waals surface area contributed by atoms with E-state index in [9.17, 15) is 14.4 Å². The van der Waals surface area contributed by atoms with Gasteiger partial charge in [-0.2, -0.15) is 0 Å². The van der Waals surface area contributed by atoms with Crippen LogP contribution in [0.15, 0.2) is 39.5 Å². The highest BCUT2D eigenvalue weighted by Crippen LogP contribution is 2.32. The first-order valence-corrected chi connectivity index (χ1v) is 8.57. The normalized spacial score (nSPS) is 16.0. The van der Waals surface area contributed by atoms with Gasteiger partial charge in [-0.3, -0.25) is 14.4 Å². The first-order chi connectivity index (χ1) is 13.0. The highest BCUT2D eigenvalue weighted by atomic mass is 16.7. The molecule has 0 bridgehead atoms. The van der Waals surface area contributed by atoms with Gasteiger partial charge >= 0.3 is 0 Å². The Morgan fingerprint density at radius 2 is 1.89 bits per heavy atom. The monoisotopic (exact) mass is 370 g/mol. The van der Waals surface area contributed by atoms with Crippen LogP contribution >= 0.6 is 0 Å². The lowest BCUT2D eigenvalue weighted by Crippen LogP contribution is -2.51. The number of nitrogens with zero attached hydrogens (tertiary/aromatic N) is 2. The molecule has 2 aliphatic heterocycles. The van der Waals surface area contributed by atoms with E-state index in [4.69, 9.17) is 13.9 Å². The standard InChI is InChI=1S/C19H18N2O6/c1-12-6-14(22)8-17(27-12)19(24)21-5-4-20(18(23)10-21)9-13-2-3-15-16(7-13)26-11-25-15/h2-3,6-8H,4-5,9-11H2,1H3. The fraction of sp³-hybridized carbons (Fsp3) is 0.316. The Hall–Kier alpha value is -3.29. The predicted octanol–water partition coefficient (Wildman–Crippen LogP) is 1.16. The van der Waals surface area contributed by atoms with Crippen molar-refractivity contribution in [1.82, 2.24) is 9.80 Å². The third-order valence-electron chi connectivity index (χ3n) is 4.52. The molecular weight excluding hydrogens is 352 g/mol. The molecule has 4 rings (SSSR count). The average molecular weight is 370 g/mol. The Balaban J connectivity index is 1.42. The summed E-state index contributed by atoms with van der Waals surface area (Å²) in [6.45, 7) is 2.94. The highest BCUT2D eigenvalue weighted by Gasteiger charge is 2.29. The SMILES string of the molecule is Cc1cc(=O)cc(C(=O)N2CCN(Cc3ccc4c(c3)OCO4)C(=O)C2)o1. The molecule has 0 radical (unpaired) electrons. The van der Waals surface area contributed by atoms with Crippen molar-refractivity contribution < 1.29 is 23.5 Å². The van der Waals surface area contributed by atoms with Gasteiger partial charge in [0.15, 0.2) is 22.7 Å². The Morgan fingerprint density at radius 1 is 1.07 bits per heavy atom. The number of hydrogen-bond acceptors (Lipinski definition) is 6. The summed E-state index contributed by atoms with van der Waals surface area (Å²) in [5, 5.41) is 0. The van der Waals surface area contributed by atoms with Gasteiger partial charge in [-0.15, -0.1) is 0 Å². The number of carbonyl (C=O) groups is 2. The molecule has 8 nitrogen and oxygen atoms in total. The molecule has 2 aromatic rings. The number of hydrogen-bond donors (Lipinski definition) is 0. The molecule has 27 heavy (non-hydrogen) atoms. The summed E-state index contributed by atoms with van der Waals surface area (Å²) in [6, 6.07) is 8.03. The van der Waals surface area contributed by atoms with Crippen LogP contribution in [-0.4, -0.2) is 48.0 Å². The van der Waals surface area contributed by atoms with Gasteiger partial charge in [0.25, 0.3) is 5.91 Å². The predicted molar refractivity (Wildman–Crippen MR) is 93.6 cm³/mol. The van der Waals surface area contributed by atoms with Crippen molar-refractivity contribution in [3.63, 3.8) is 0 Å². The molecule has 2 aliphatic rings. The minimum atomic E-state index is -0.452. The Kier molecular flexibility index (Phi) is 4.31. The fourth-order valence-corrected chi connectivity index (χ4v) is 3.17. The second-order valence-electron chi connectivity index (χ2n) is 6.50. The van der Waals surface area contributed by atoms with Gasteiger partial charge in [0, 0.05) is 31.8 Å². The zero-order valence-electron chi connectivity index (χ0n) is 14.8. The third-order valence-corrected chi connectivity index (χ3v) is 4.52. The van der Waals surface area contributed by atoms with Gasteiger partial charge in [-0.1, -0.05) is 6.07 Å². The van der Waals surface area contributed by atoms with Crippen molar-refractivity contribution in [2.75, 3.05) is 26.4 Å². The highest BCUT2D eigenvalue weighted by molar-refractivity contribution is 5.94. The van der Waals surface area contributed by atoms with Gasteiger partial charge in [0.05, 0.1) is 0 Å². The summed E-state index contributed by atoms with van der Waals surface area (Å²) in [4.78, 5) is 39.7. The van der Waals surface area contributed by atoms with Gasteiger partial charge < -0.3 is 23.7 Å². The second-order valence-corrected chi connectivity index (χ2v) is 6.50. The molecule has 8 heteroatoms. The summed E-state index contributed by atoms with van der Waals surface area (Å²) in [7, 11) is 0. The number of fused-ring (bicyclic) bond motifs is 1. The van der Waals surface area contributed by atoms with Crippen LogP contribution < -0.4 is 14.9 Å². The van der Waals surface area contributed by atoms with Gasteiger partial charge in [0.1, 0.15) is 12.3 Å². The Labute approximate surface area is 154 Å². The zero-order chi connectivity index (χ0) is 19.0. The van der Waals surface area contributed by atoms with Crippen molar-refractivity contribution >= 4 is 11.8 Å². The minimum absolute atomic E-state index is 0.0444. The summed E-state index contributed by atoms with van der Waals surface area (Å²) in [6.07, 6.45) is 0. The number of ether oxygens (including phenoxy) is 2. The van der Waals surface area contributed by atoms with E-state index in [1.54, 1.807) is 11.8 Å². The van der Waals surface area contributed by atoms with Crippen molar-refractivity contribution in [2.45, 2.75) is 13.5 Å². The summed E-state index contributed by atoms with van der Waals surface area (Å²) in [5.41, 5.74) is 0.631. The average Bonchev–Trinajstić information content (AvgIpc) is 3.10. The molecule has 0 atom stereocenters. The second kappa shape index (κ2) is 6.79. The van der Waals surface area contributed by atoms with Crippen LogP contribution in [0, 0.1) is 6.92 Å². The molecule has 0 spiro atoms. The molecule has 1 fully saturated rings. The summed E-state index contributed by atoms with van der Waals surface area (Å²) in [5.74, 6) is 1.06. The van der Waals surface area contributed by atoms with Crippen molar-refractivity contribution in [1.29, 1.82) is 0 Å². The smallest absolute Gasteiger partial charge is 0.290 e. The van der Waals surface area contributed by atoms with E-state index in [1.807, 2.05) is 18.2 Å². The topological polar surface area (TPSA) is 89.3 Å². The molecular formula is C19H18N2O6. The fourth-order valence-electron chi connectivity index (χ4n) is 3.17. The van der Waals surface area contributed by atoms with E-state index in [0.717, 1.165) is 11.6 Å².